The van der Waals surface area contributed by atoms with Crippen molar-refractivity contribution >= 4 is 29.9 Å². The molecule has 1 aliphatic heterocycles. The van der Waals surface area contributed by atoms with E-state index in [9.17, 15) is 0 Å². The van der Waals surface area contributed by atoms with Crippen molar-refractivity contribution in [2.45, 2.75) is 59.2 Å². The quantitative estimate of drug-likeness (QED) is 0.257. The SMILES string of the molecule is CCNC(=NCc1ccc(Oc2ccccc2OCC)nc1)NC1CCN(C(C)C)CC1.I. The number of nitrogens with one attached hydrogen (secondary N) is 2. The molecule has 2 aromatic rings. The van der Waals surface area contributed by atoms with E-state index < -0.39 is 0 Å². The van der Waals surface area contributed by atoms with Gasteiger partial charge in [0.1, 0.15) is 0 Å². The third-order valence-corrected chi connectivity index (χ3v) is 5.53. The highest BCUT2D eigenvalue weighted by atomic mass is 127. The molecule has 0 saturated carbocycles. The zero-order valence-electron chi connectivity index (χ0n) is 20.2. The van der Waals surface area contributed by atoms with Gasteiger partial charge in [-0.25, -0.2) is 9.98 Å². The Bertz CT molecular complexity index is 852. The van der Waals surface area contributed by atoms with Gasteiger partial charge in [0.2, 0.25) is 5.88 Å². The molecule has 0 radical (unpaired) electrons. The van der Waals surface area contributed by atoms with Crippen LogP contribution in [0, 0.1) is 0 Å². The van der Waals surface area contributed by atoms with Crippen LogP contribution in [-0.2, 0) is 6.54 Å². The Balaban J connectivity index is 0.00000385. The van der Waals surface area contributed by atoms with Crippen LogP contribution in [0.1, 0.15) is 46.1 Å². The smallest absolute Gasteiger partial charge is 0.219 e. The highest BCUT2D eigenvalue weighted by Gasteiger charge is 2.21. The van der Waals surface area contributed by atoms with Crippen molar-refractivity contribution in [3.05, 3.63) is 48.2 Å². The van der Waals surface area contributed by atoms with Crippen molar-refractivity contribution in [1.82, 2.24) is 20.5 Å². The summed E-state index contributed by atoms with van der Waals surface area (Å²) in [4.78, 5) is 11.7. The summed E-state index contributed by atoms with van der Waals surface area (Å²) in [7, 11) is 0. The minimum Gasteiger partial charge on any atom is -0.490 e. The highest BCUT2D eigenvalue weighted by Crippen LogP contribution is 2.30. The number of halogens is 1. The fourth-order valence-corrected chi connectivity index (χ4v) is 3.73. The molecule has 0 amide bonds. The Kier molecular flexibility index (Phi) is 11.7. The molecule has 0 unspecified atom stereocenters. The van der Waals surface area contributed by atoms with Crippen LogP contribution in [-0.4, -0.2) is 54.2 Å². The van der Waals surface area contributed by atoms with Crippen LogP contribution in [0.2, 0.25) is 0 Å². The molecule has 2 heterocycles. The third-order valence-electron chi connectivity index (χ3n) is 5.53. The fraction of sp³-hybridized carbons (Fsp3) is 0.520. The zero-order chi connectivity index (χ0) is 22.8. The third kappa shape index (κ3) is 8.66. The maximum absolute atomic E-state index is 5.91. The molecule has 3 rings (SSSR count). The fourth-order valence-electron chi connectivity index (χ4n) is 3.73. The van der Waals surface area contributed by atoms with Crippen molar-refractivity contribution in [1.29, 1.82) is 0 Å². The monoisotopic (exact) mass is 567 g/mol. The lowest BCUT2D eigenvalue weighted by molar-refractivity contribution is 0.167. The average Bonchev–Trinajstić information content (AvgIpc) is 2.80. The second-order valence-corrected chi connectivity index (χ2v) is 8.23. The van der Waals surface area contributed by atoms with Crippen molar-refractivity contribution in [2.75, 3.05) is 26.2 Å². The molecule has 1 saturated heterocycles. The van der Waals surface area contributed by atoms with E-state index in [1.54, 1.807) is 0 Å². The molecule has 1 aliphatic rings. The van der Waals surface area contributed by atoms with E-state index >= 15 is 0 Å². The van der Waals surface area contributed by atoms with Gasteiger partial charge in [0.05, 0.1) is 13.2 Å². The number of aliphatic imine (C=N–C) groups is 1. The van der Waals surface area contributed by atoms with Crippen LogP contribution < -0.4 is 20.1 Å². The number of benzene rings is 1. The van der Waals surface area contributed by atoms with Crippen molar-refractivity contribution < 1.29 is 9.47 Å². The number of nitrogens with zero attached hydrogens (tertiary/aromatic N) is 3. The molecule has 0 atom stereocenters. The molecule has 0 bridgehead atoms. The summed E-state index contributed by atoms with van der Waals surface area (Å²) in [6, 6.07) is 12.6. The summed E-state index contributed by atoms with van der Waals surface area (Å²) in [6.07, 6.45) is 4.09. The van der Waals surface area contributed by atoms with E-state index in [1.807, 2.05) is 49.5 Å². The first-order valence-electron chi connectivity index (χ1n) is 11.7. The van der Waals surface area contributed by atoms with Crippen molar-refractivity contribution in [3.63, 3.8) is 0 Å². The van der Waals surface area contributed by atoms with Gasteiger partial charge in [-0.05, 0) is 58.2 Å². The van der Waals surface area contributed by atoms with Gasteiger partial charge in [0.25, 0.3) is 0 Å². The number of likely N-dealkylation sites (tertiary alicyclic amines) is 1. The molecule has 182 valence electrons. The van der Waals surface area contributed by atoms with Crippen LogP contribution in [0.5, 0.6) is 17.4 Å². The highest BCUT2D eigenvalue weighted by molar-refractivity contribution is 14.0. The number of pyridine rings is 1. The number of para-hydroxylation sites is 2. The Morgan fingerprint density at radius 3 is 2.45 bits per heavy atom. The first-order chi connectivity index (χ1) is 15.6. The first kappa shape index (κ1) is 27.2. The van der Waals surface area contributed by atoms with E-state index in [0.29, 0.717) is 42.6 Å². The lowest BCUT2D eigenvalue weighted by atomic mass is 10.0. The van der Waals surface area contributed by atoms with Crippen LogP contribution in [0.15, 0.2) is 47.6 Å². The predicted molar refractivity (Wildman–Crippen MR) is 145 cm³/mol. The number of piperidine rings is 1. The predicted octanol–water partition coefficient (Wildman–Crippen LogP) is 4.82. The van der Waals surface area contributed by atoms with Gasteiger partial charge in [0.15, 0.2) is 17.5 Å². The Hall–Kier alpha value is -2.07. The largest absolute Gasteiger partial charge is 0.490 e. The maximum atomic E-state index is 5.91. The topological polar surface area (TPSA) is 71.0 Å². The molecule has 8 heteroatoms. The van der Waals surface area contributed by atoms with Crippen LogP contribution >= 0.6 is 24.0 Å². The second kappa shape index (κ2) is 14.2. The summed E-state index contributed by atoms with van der Waals surface area (Å²) in [5.41, 5.74) is 1.03. The Labute approximate surface area is 215 Å². The maximum Gasteiger partial charge on any atom is 0.219 e. The number of hydrogen-bond donors (Lipinski definition) is 2. The molecular weight excluding hydrogens is 529 g/mol. The van der Waals surface area contributed by atoms with Crippen molar-refractivity contribution in [2.24, 2.45) is 4.99 Å². The van der Waals surface area contributed by atoms with E-state index in [2.05, 4.69) is 41.3 Å². The number of guanidine groups is 1. The van der Waals surface area contributed by atoms with Gasteiger partial charge < -0.3 is 25.0 Å². The lowest BCUT2D eigenvalue weighted by Gasteiger charge is -2.35. The summed E-state index contributed by atoms with van der Waals surface area (Å²) in [5.74, 6) is 2.77. The van der Waals surface area contributed by atoms with Gasteiger partial charge in [-0.1, -0.05) is 18.2 Å². The van der Waals surface area contributed by atoms with E-state index in [1.165, 1.54) is 0 Å². The lowest BCUT2D eigenvalue weighted by Crippen LogP contribution is -2.49. The number of hydrogen-bond acceptors (Lipinski definition) is 5. The Morgan fingerprint density at radius 1 is 1.12 bits per heavy atom. The van der Waals surface area contributed by atoms with Gasteiger partial charge >= 0.3 is 0 Å². The summed E-state index contributed by atoms with van der Waals surface area (Å²) >= 11 is 0. The van der Waals surface area contributed by atoms with E-state index in [0.717, 1.165) is 44.0 Å². The zero-order valence-corrected chi connectivity index (χ0v) is 22.5. The molecule has 1 aromatic heterocycles. The van der Waals surface area contributed by atoms with Gasteiger partial charge in [-0.15, -0.1) is 24.0 Å². The van der Waals surface area contributed by atoms with E-state index in [-0.39, 0.29) is 24.0 Å². The normalized spacial score (nSPS) is 15.1. The van der Waals surface area contributed by atoms with E-state index in [4.69, 9.17) is 14.5 Å². The van der Waals surface area contributed by atoms with Crippen molar-refractivity contribution in [3.8, 4) is 17.4 Å². The molecule has 2 N–H and O–H groups in total. The average molecular weight is 568 g/mol. The summed E-state index contributed by atoms with van der Waals surface area (Å²) in [5, 5.41) is 6.96. The summed E-state index contributed by atoms with van der Waals surface area (Å²) in [6.45, 7) is 12.8. The minimum atomic E-state index is 0. The number of ether oxygens (including phenoxy) is 2. The van der Waals surface area contributed by atoms with Gasteiger partial charge in [0, 0.05) is 44.0 Å². The molecule has 1 aromatic carbocycles. The molecule has 1 fully saturated rings. The van der Waals surface area contributed by atoms with Crippen LogP contribution in [0.4, 0.5) is 0 Å². The molecule has 0 spiro atoms. The molecule has 33 heavy (non-hydrogen) atoms. The number of rotatable bonds is 9. The molecule has 0 aliphatic carbocycles. The summed E-state index contributed by atoms with van der Waals surface area (Å²) < 4.78 is 11.5. The minimum absolute atomic E-state index is 0. The van der Waals surface area contributed by atoms with Gasteiger partial charge in [-0.3, -0.25) is 0 Å². The molecular formula is C25H38IN5O2. The van der Waals surface area contributed by atoms with Crippen LogP contribution in [0.25, 0.3) is 0 Å². The number of aromatic nitrogens is 1. The van der Waals surface area contributed by atoms with Crippen LogP contribution in [0.3, 0.4) is 0 Å². The second-order valence-electron chi connectivity index (χ2n) is 8.23. The molecule has 7 nitrogen and oxygen atoms in total. The van der Waals surface area contributed by atoms with Gasteiger partial charge in [-0.2, -0.15) is 0 Å². The standard InChI is InChI=1S/C25H37N5O2.HI/c1-5-26-25(29-21-13-15-30(16-14-21)19(3)4)28-18-20-11-12-24(27-17-20)32-23-10-8-7-9-22(23)31-6-2;/h7-12,17,19,21H,5-6,13-16,18H2,1-4H3,(H2,26,28,29);1H. The first-order valence-corrected chi connectivity index (χ1v) is 11.7. The Morgan fingerprint density at radius 2 is 1.85 bits per heavy atom.